The van der Waals surface area contributed by atoms with Crippen LogP contribution in [-0.2, 0) is 4.84 Å². The molecule has 0 spiro atoms. The van der Waals surface area contributed by atoms with Gasteiger partial charge in [-0.05, 0) is 35.9 Å². The van der Waals surface area contributed by atoms with Crippen molar-refractivity contribution in [3.05, 3.63) is 59.7 Å². The molecule has 0 saturated carbocycles. The number of benzene rings is 2. The molecule has 7 heteroatoms. The molecule has 2 aromatic rings. The first-order chi connectivity index (χ1) is 11.1. The molecule has 3 amide bonds. The highest BCUT2D eigenvalue weighted by molar-refractivity contribution is 6.05. The van der Waals surface area contributed by atoms with Gasteiger partial charge in [0, 0.05) is 16.9 Å². The molecule has 0 radical (unpaired) electrons. The zero-order chi connectivity index (χ0) is 16.7. The van der Waals surface area contributed by atoms with E-state index in [0.29, 0.717) is 16.9 Å². The number of amides is 3. The smallest absolute Gasteiger partial charge is 0.316 e. The Hall–Kier alpha value is -3.35. The minimum absolute atomic E-state index is 0.267. The van der Waals surface area contributed by atoms with Gasteiger partial charge < -0.3 is 21.2 Å². The summed E-state index contributed by atoms with van der Waals surface area (Å²) >= 11 is 0. The Balaban J connectivity index is 2.06. The van der Waals surface area contributed by atoms with Gasteiger partial charge in [-0.3, -0.25) is 4.79 Å². The molecule has 118 valence electrons. The van der Waals surface area contributed by atoms with Gasteiger partial charge in [0.25, 0.3) is 5.91 Å². The molecule has 0 atom stereocenters. The molecule has 0 saturated heterocycles. The van der Waals surface area contributed by atoms with Crippen LogP contribution in [0.1, 0.15) is 15.9 Å². The molecule has 0 fully saturated rings. The van der Waals surface area contributed by atoms with Crippen molar-refractivity contribution in [2.75, 3.05) is 17.7 Å². The zero-order valence-electron chi connectivity index (χ0n) is 12.4. The first kappa shape index (κ1) is 16.0. The SMILES string of the molecule is CO/N=C/c1ccc(C(=O)Nc2cccc(NC(N)=O)c2)cc1. The second-order valence-electron chi connectivity index (χ2n) is 4.56. The van der Waals surface area contributed by atoms with Crippen molar-refractivity contribution < 1.29 is 14.4 Å². The number of oxime groups is 1. The summed E-state index contributed by atoms with van der Waals surface area (Å²) < 4.78 is 0. The molecule has 0 bridgehead atoms. The summed E-state index contributed by atoms with van der Waals surface area (Å²) in [7, 11) is 1.46. The number of primary amides is 1. The molecule has 2 aromatic carbocycles. The van der Waals surface area contributed by atoms with Gasteiger partial charge >= 0.3 is 6.03 Å². The number of urea groups is 1. The van der Waals surface area contributed by atoms with E-state index in [1.807, 2.05) is 0 Å². The quantitative estimate of drug-likeness (QED) is 0.583. The fourth-order valence-electron chi connectivity index (χ4n) is 1.85. The number of rotatable bonds is 5. The molecule has 4 N–H and O–H groups in total. The van der Waals surface area contributed by atoms with E-state index in [4.69, 9.17) is 5.73 Å². The molecule has 2 rings (SSSR count). The van der Waals surface area contributed by atoms with Crippen LogP contribution in [0.4, 0.5) is 16.2 Å². The Morgan fingerprint density at radius 1 is 1.09 bits per heavy atom. The van der Waals surface area contributed by atoms with Gasteiger partial charge in [-0.1, -0.05) is 23.4 Å². The van der Waals surface area contributed by atoms with Crippen LogP contribution in [0.5, 0.6) is 0 Å². The minimum atomic E-state index is -0.665. The number of nitrogens with one attached hydrogen (secondary N) is 2. The Bertz CT molecular complexity index is 726. The lowest BCUT2D eigenvalue weighted by Gasteiger charge is -2.08. The van der Waals surface area contributed by atoms with E-state index in [9.17, 15) is 9.59 Å². The Kier molecular flexibility index (Phi) is 5.30. The highest BCUT2D eigenvalue weighted by Gasteiger charge is 2.06. The topological polar surface area (TPSA) is 106 Å². The largest absolute Gasteiger partial charge is 0.399 e. The van der Waals surface area contributed by atoms with Crippen LogP contribution >= 0.6 is 0 Å². The number of carbonyl (C=O) groups is 2. The van der Waals surface area contributed by atoms with Gasteiger partial charge in [-0.25, -0.2) is 4.79 Å². The van der Waals surface area contributed by atoms with Crippen LogP contribution < -0.4 is 16.4 Å². The van der Waals surface area contributed by atoms with Crippen molar-refractivity contribution in [2.24, 2.45) is 10.9 Å². The zero-order valence-corrected chi connectivity index (χ0v) is 12.4. The van der Waals surface area contributed by atoms with Gasteiger partial charge in [0.1, 0.15) is 7.11 Å². The van der Waals surface area contributed by atoms with E-state index in [0.717, 1.165) is 5.56 Å². The van der Waals surface area contributed by atoms with Crippen LogP contribution in [0.15, 0.2) is 53.7 Å². The summed E-state index contributed by atoms with van der Waals surface area (Å²) in [6, 6.07) is 12.9. The highest BCUT2D eigenvalue weighted by atomic mass is 16.6. The highest BCUT2D eigenvalue weighted by Crippen LogP contribution is 2.16. The van der Waals surface area contributed by atoms with Gasteiger partial charge in [-0.2, -0.15) is 0 Å². The molecule has 0 aromatic heterocycles. The van der Waals surface area contributed by atoms with Crippen LogP contribution in [-0.4, -0.2) is 25.3 Å². The summed E-state index contributed by atoms with van der Waals surface area (Å²) in [5, 5.41) is 8.84. The molecule has 0 aliphatic heterocycles. The number of hydrogen-bond acceptors (Lipinski definition) is 4. The fourth-order valence-corrected chi connectivity index (χ4v) is 1.85. The van der Waals surface area contributed by atoms with Crippen molar-refractivity contribution in [3.8, 4) is 0 Å². The van der Waals surface area contributed by atoms with Crippen molar-refractivity contribution in [1.29, 1.82) is 0 Å². The summed E-state index contributed by atoms with van der Waals surface area (Å²) in [6.07, 6.45) is 1.54. The van der Waals surface area contributed by atoms with E-state index in [2.05, 4.69) is 20.6 Å². The lowest BCUT2D eigenvalue weighted by Crippen LogP contribution is -2.19. The standard InChI is InChI=1S/C16H16N4O3/c1-23-18-10-11-5-7-12(8-6-11)15(21)19-13-3-2-4-14(9-13)20-16(17)22/h2-10H,1H3,(H,19,21)(H3,17,20,22)/b18-10+. The average molecular weight is 312 g/mol. The maximum absolute atomic E-state index is 12.2. The Morgan fingerprint density at radius 2 is 1.74 bits per heavy atom. The summed E-state index contributed by atoms with van der Waals surface area (Å²) in [6.45, 7) is 0. The maximum atomic E-state index is 12.2. The van der Waals surface area contributed by atoms with E-state index in [1.165, 1.54) is 7.11 Å². The second-order valence-corrected chi connectivity index (χ2v) is 4.56. The first-order valence-corrected chi connectivity index (χ1v) is 6.73. The fraction of sp³-hybridized carbons (Fsp3) is 0.0625. The van der Waals surface area contributed by atoms with E-state index < -0.39 is 6.03 Å². The Labute approximate surface area is 133 Å². The predicted molar refractivity (Wildman–Crippen MR) is 88.6 cm³/mol. The van der Waals surface area contributed by atoms with Crippen LogP contribution in [0.2, 0.25) is 0 Å². The first-order valence-electron chi connectivity index (χ1n) is 6.73. The molecular weight excluding hydrogens is 296 g/mol. The molecule has 23 heavy (non-hydrogen) atoms. The molecule has 7 nitrogen and oxygen atoms in total. The third-order valence-electron chi connectivity index (χ3n) is 2.87. The molecule has 0 aliphatic rings. The molecule has 0 aliphatic carbocycles. The summed E-state index contributed by atoms with van der Waals surface area (Å²) in [5.41, 5.74) is 7.42. The number of nitrogens with zero attached hydrogens (tertiary/aromatic N) is 1. The minimum Gasteiger partial charge on any atom is -0.399 e. The van der Waals surface area contributed by atoms with Gasteiger partial charge in [-0.15, -0.1) is 0 Å². The summed E-state index contributed by atoms with van der Waals surface area (Å²) in [4.78, 5) is 27.6. The summed E-state index contributed by atoms with van der Waals surface area (Å²) in [5.74, 6) is -0.267. The van der Waals surface area contributed by atoms with E-state index >= 15 is 0 Å². The Morgan fingerprint density at radius 3 is 2.35 bits per heavy atom. The van der Waals surface area contributed by atoms with E-state index in [1.54, 1.807) is 54.7 Å². The predicted octanol–water partition coefficient (Wildman–Crippen LogP) is 2.41. The number of carbonyl (C=O) groups excluding carboxylic acids is 2. The third kappa shape index (κ3) is 4.85. The van der Waals surface area contributed by atoms with Crippen LogP contribution in [0, 0.1) is 0 Å². The number of hydrogen-bond donors (Lipinski definition) is 3. The average Bonchev–Trinajstić information content (AvgIpc) is 2.53. The van der Waals surface area contributed by atoms with Crippen molar-refractivity contribution >= 4 is 29.5 Å². The van der Waals surface area contributed by atoms with Gasteiger partial charge in [0.15, 0.2) is 0 Å². The van der Waals surface area contributed by atoms with Gasteiger partial charge in [0.2, 0.25) is 0 Å². The monoisotopic (exact) mass is 312 g/mol. The van der Waals surface area contributed by atoms with Gasteiger partial charge in [0.05, 0.1) is 6.21 Å². The lowest BCUT2D eigenvalue weighted by molar-refractivity contribution is 0.102. The van der Waals surface area contributed by atoms with Crippen molar-refractivity contribution in [2.45, 2.75) is 0 Å². The molecule has 0 unspecified atom stereocenters. The third-order valence-corrected chi connectivity index (χ3v) is 2.87. The number of nitrogens with two attached hydrogens (primary N) is 1. The van der Waals surface area contributed by atoms with Crippen molar-refractivity contribution in [3.63, 3.8) is 0 Å². The second kappa shape index (κ2) is 7.60. The normalized spacial score (nSPS) is 10.3. The van der Waals surface area contributed by atoms with Crippen LogP contribution in [0.3, 0.4) is 0 Å². The number of anilines is 2. The lowest BCUT2D eigenvalue weighted by atomic mass is 10.1. The molecular formula is C16H16N4O3. The van der Waals surface area contributed by atoms with Crippen LogP contribution in [0.25, 0.3) is 0 Å². The molecule has 0 heterocycles. The van der Waals surface area contributed by atoms with Crippen molar-refractivity contribution in [1.82, 2.24) is 0 Å². The maximum Gasteiger partial charge on any atom is 0.316 e. The van der Waals surface area contributed by atoms with E-state index in [-0.39, 0.29) is 5.91 Å².